The number of rotatable bonds is 6. The van der Waals surface area contributed by atoms with Gasteiger partial charge in [0.2, 0.25) is 21.8 Å². The number of hydrogen-bond donors (Lipinski definition) is 2. The molecular weight excluding hydrogens is 464 g/mol. The van der Waals surface area contributed by atoms with Crippen molar-refractivity contribution >= 4 is 33.2 Å². The van der Waals surface area contributed by atoms with Gasteiger partial charge in [-0.05, 0) is 63.3 Å². The number of para-hydroxylation sites is 2. The first-order chi connectivity index (χ1) is 16.7. The molecule has 0 aromatic heterocycles. The summed E-state index contributed by atoms with van der Waals surface area (Å²) in [6.07, 6.45) is 2.35. The normalized spacial score (nSPS) is 18.4. The Morgan fingerprint density at radius 1 is 0.914 bits per heavy atom. The zero-order valence-electron chi connectivity index (χ0n) is 20.4. The summed E-state index contributed by atoms with van der Waals surface area (Å²) >= 11 is 0. The van der Waals surface area contributed by atoms with Gasteiger partial charge in [-0.2, -0.15) is 4.31 Å². The van der Waals surface area contributed by atoms with Gasteiger partial charge in [0.05, 0.1) is 16.3 Å². The molecule has 0 atom stereocenters. The molecule has 0 spiro atoms. The fourth-order valence-corrected chi connectivity index (χ4v) is 6.76. The molecule has 0 radical (unpaired) electrons. The molecule has 188 valence electrons. The number of hydrogen-bond acceptors (Lipinski definition) is 5. The third kappa shape index (κ3) is 5.51. The van der Waals surface area contributed by atoms with Gasteiger partial charge in [0.25, 0.3) is 0 Å². The van der Waals surface area contributed by atoms with Gasteiger partial charge in [-0.1, -0.05) is 29.8 Å². The second-order valence-electron chi connectivity index (χ2n) is 9.62. The van der Waals surface area contributed by atoms with E-state index in [1.807, 2.05) is 50.2 Å². The molecule has 0 saturated carbocycles. The highest BCUT2D eigenvalue weighted by molar-refractivity contribution is 7.89. The third-order valence-corrected chi connectivity index (χ3v) is 9.23. The first-order valence-corrected chi connectivity index (χ1v) is 13.6. The minimum absolute atomic E-state index is 0.0898. The lowest BCUT2D eigenvalue weighted by Gasteiger charge is -2.34. The molecule has 9 heteroatoms. The summed E-state index contributed by atoms with van der Waals surface area (Å²) in [5.41, 5.74) is 8.88. The molecule has 2 amide bonds. The van der Waals surface area contributed by atoms with E-state index in [2.05, 4.69) is 10.2 Å². The monoisotopic (exact) mass is 498 g/mol. The largest absolute Gasteiger partial charge is 0.370 e. The topological polar surface area (TPSA) is 113 Å². The Morgan fingerprint density at radius 2 is 1.54 bits per heavy atom. The second-order valence-corrected chi connectivity index (χ2v) is 11.5. The van der Waals surface area contributed by atoms with Crippen molar-refractivity contribution in [1.29, 1.82) is 0 Å². The number of carbonyl (C=O) groups is 2. The molecule has 0 aliphatic carbocycles. The lowest BCUT2D eigenvalue weighted by atomic mass is 9.95. The van der Waals surface area contributed by atoms with Crippen LogP contribution in [0.5, 0.6) is 0 Å². The van der Waals surface area contributed by atoms with Gasteiger partial charge < -0.3 is 16.0 Å². The molecule has 2 fully saturated rings. The third-order valence-electron chi connectivity index (χ3n) is 7.17. The summed E-state index contributed by atoms with van der Waals surface area (Å²) in [5, 5.41) is 3.07. The van der Waals surface area contributed by atoms with Crippen LogP contribution in [-0.2, 0) is 19.6 Å². The SMILES string of the molecule is Cc1ccc(S(=O)(=O)N2CCC(C(=O)Nc3ccccc3N3CCC(C(N)=O)CC3)CC2)c(C)c1. The zero-order chi connectivity index (χ0) is 25.2. The van der Waals surface area contributed by atoms with Crippen molar-refractivity contribution in [3.8, 4) is 0 Å². The summed E-state index contributed by atoms with van der Waals surface area (Å²) in [7, 11) is -3.59. The maximum Gasteiger partial charge on any atom is 0.243 e. The van der Waals surface area contributed by atoms with E-state index in [4.69, 9.17) is 5.73 Å². The number of aryl methyl sites for hydroxylation is 2. The number of nitrogens with one attached hydrogen (secondary N) is 1. The predicted octanol–water partition coefficient (Wildman–Crippen LogP) is 3.04. The molecule has 2 aromatic rings. The number of primary amides is 1. The molecule has 2 aromatic carbocycles. The molecule has 2 aliphatic heterocycles. The van der Waals surface area contributed by atoms with Gasteiger partial charge in [-0.15, -0.1) is 0 Å². The van der Waals surface area contributed by atoms with Crippen LogP contribution in [0.25, 0.3) is 0 Å². The average Bonchev–Trinajstić information content (AvgIpc) is 2.84. The lowest BCUT2D eigenvalue weighted by molar-refractivity contribution is -0.122. The first kappa shape index (κ1) is 25.2. The number of benzene rings is 2. The Morgan fingerprint density at radius 3 is 2.17 bits per heavy atom. The fraction of sp³-hybridized carbons (Fsp3) is 0.462. The molecule has 4 rings (SSSR count). The molecule has 3 N–H and O–H groups in total. The van der Waals surface area contributed by atoms with E-state index in [0.29, 0.717) is 56.8 Å². The van der Waals surface area contributed by atoms with E-state index in [9.17, 15) is 18.0 Å². The highest BCUT2D eigenvalue weighted by atomic mass is 32.2. The molecule has 0 bridgehead atoms. The standard InChI is InChI=1S/C26H34N4O4S/c1-18-7-8-24(19(2)17-18)35(33,34)30-15-11-21(12-16-30)26(32)28-22-5-3-4-6-23(22)29-13-9-20(10-14-29)25(27)31/h3-8,17,20-21H,9-16H2,1-2H3,(H2,27,31)(H,28,32). The van der Waals surface area contributed by atoms with E-state index >= 15 is 0 Å². The van der Waals surface area contributed by atoms with Gasteiger partial charge in [0, 0.05) is 38.0 Å². The molecular formula is C26H34N4O4S. The van der Waals surface area contributed by atoms with E-state index in [0.717, 1.165) is 22.5 Å². The summed E-state index contributed by atoms with van der Waals surface area (Å²) in [5.74, 6) is -0.697. The van der Waals surface area contributed by atoms with Crippen LogP contribution in [0.15, 0.2) is 47.4 Å². The van der Waals surface area contributed by atoms with Crippen molar-refractivity contribution in [2.45, 2.75) is 44.4 Å². The van der Waals surface area contributed by atoms with Gasteiger partial charge in [-0.25, -0.2) is 8.42 Å². The van der Waals surface area contributed by atoms with Crippen molar-refractivity contribution in [1.82, 2.24) is 4.31 Å². The number of piperidine rings is 2. The molecule has 8 nitrogen and oxygen atoms in total. The number of amides is 2. The Hall–Kier alpha value is -2.91. The molecule has 0 unspecified atom stereocenters. The maximum atomic E-state index is 13.2. The van der Waals surface area contributed by atoms with Gasteiger partial charge in [0.15, 0.2) is 0 Å². The molecule has 2 heterocycles. The number of carbonyl (C=O) groups excluding carboxylic acids is 2. The molecule has 2 saturated heterocycles. The summed E-state index contributed by atoms with van der Waals surface area (Å²) in [6.45, 7) is 5.79. The molecule has 2 aliphatic rings. The minimum Gasteiger partial charge on any atom is -0.370 e. The average molecular weight is 499 g/mol. The Bertz CT molecular complexity index is 1200. The first-order valence-electron chi connectivity index (χ1n) is 12.2. The van der Waals surface area contributed by atoms with Crippen LogP contribution in [0.3, 0.4) is 0 Å². The van der Waals surface area contributed by atoms with Crippen molar-refractivity contribution in [2.24, 2.45) is 17.6 Å². The highest BCUT2D eigenvalue weighted by Crippen LogP contribution is 2.32. The van der Waals surface area contributed by atoms with Crippen LogP contribution in [0.2, 0.25) is 0 Å². The van der Waals surface area contributed by atoms with Crippen LogP contribution in [0.4, 0.5) is 11.4 Å². The Kier molecular flexibility index (Phi) is 7.47. The molecule has 35 heavy (non-hydrogen) atoms. The minimum atomic E-state index is -3.59. The van der Waals surface area contributed by atoms with Gasteiger partial charge in [-0.3, -0.25) is 9.59 Å². The van der Waals surface area contributed by atoms with E-state index in [1.165, 1.54) is 4.31 Å². The fourth-order valence-electron chi connectivity index (χ4n) is 5.08. The van der Waals surface area contributed by atoms with Crippen LogP contribution in [0, 0.1) is 25.7 Å². The summed E-state index contributed by atoms with van der Waals surface area (Å²) < 4.78 is 27.8. The maximum absolute atomic E-state index is 13.2. The summed E-state index contributed by atoms with van der Waals surface area (Å²) in [6, 6.07) is 13.0. The number of anilines is 2. The van der Waals surface area contributed by atoms with Crippen LogP contribution in [-0.4, -0.2) is 50.7 Å². The van der Waals surface area contributed by atoms with E-state index in [-0.39, 0.29) is 23.7 Å². The van der Waals surface area contributed by atoms with Crippen molar-refractivity contribution in [3.63, 3.8) is 0 Å². The summed E-state index contributed by atoms with van der Waals surface area (Å²) in [4.78, 5) is 27.1. The van der Waals surface area contributed by atoms with E-state index < -0.39 is 10.0 Å². The Balaban J connectivity index is 1.38. The van der Waals surface area contributed by atoms with E-state index in [1.54, 1.807) is 6.07 Å². The smallest absolute Gasteiger partial charge is 0.243 e. The van der Waals surface area contributed by atoms with Crippen molar-refractivity contribution in [3.05, 3.63) is 53.6 Å². The number of nitrogens with zero attached hydrogens (tertiary/aromatic N) is 2. The zero-order valence-corrected chi connectivity index (χ0v) is 21.2. The van der Waals surface area contributed by atoms with Crippen LogP contribution in [0.1, 0.15) is 36.8 Å². The highest BCUT2D eigenvalue weighted by Gasteiger charge is 2.33. The predicted molar refractivity (Wildman–Crippen MR) is 137 cm³/mol. The van der Waals surface area contributed by atoms with Gasteiger partial charge in [0.1, 0.15) is 0 Å². The van der Waals surface area contributed by atoms with Gasteiger partial charge >= 0.3 is 0 Å². The Labute approximate surface area is 207 Å². The second kappa shape index (κ2) is 10.4. The number of nitrogens with two attached hydrogens (primary N) is 1. The van der Waals surface area contributed by atoms with Crippen molar-refractivity contribution < 1.29 is 18.0 Å². The van der Waals surface area contributed by atoms with Crippen LogP contribution < -0.4 is 16.0 Å². The number of sulfonamides is 1. The van der Waals surface area contributed by atoms with Crippen molar-refractivity contribution in [2.75, 3.05) is 36.4 Å². The lowest BCUT2D eigenvalue weighted by Crippen LogP contribution is -2.42. The quantitative estimate of drug-likeness (QED) is 0.636. The van der Waals surface area contributed by atoms with Crippen LogP contribution >= 0.6 is 0 Å².